The Balaban J connectivity index is 1.45. The molecule has 0 spiro atoms. The third-order valence-corrected chi connectivity index (χ3v) is 8.65. The number of hydrogen-bond donors (Lipinski definition) is 0. The summed E-state index contributed by atoms with van der Waals surface area (Å²) in [5.74, 6) is 0. The van der Waals surface area contributed by atoms with Gasteiger partial charge in [-0.15, -0.1) is 0 Å². The lowest BCUT2D eigenvalue weighted by atomic mass is 9.84. The van der Waals surface area contributed by atoms with Gasteiger partial charge in [0.25, 0.3) is 0 Å². The van der Waals surface area contributed by atoms with Crippen molar-refractivity contribution in [1.82, 2.24) is 0 Å². The predicted molar refractivity (Wildman–Crippen MR) is 175 cm³/mol. The molecule has 0 saturated carbocycles. The number of fused-ring (bicyclic) bond motifs is 8. The molecule has 9 rings (SSSR count). The number of para-hydroxylation sites is 1. The maximum absolute atomic E-state index is 6.82. The average molecular weight is 521 g/mol. The number of rotatable bonds is 2. The van der Waals surface area contributed by atoms with E-state index in [1.54, 1.807) is 0 Å². The standard InChI is InChI=1S/C40H24O/c1-3-14-27-25(11-1)13-9-20-29(27)37-30-16-5-7-18-32(30)38(33-19-8-6-17-31(33)37)36-22-10-21-34-35-24-23-26-12-2-4-15-28(26)39(35)41-40(34)36/h1-24H. The first-order valence-electron chi connectivity index (χ1n) is 14.1. The molecule has 0 unspecified atom stereocenters. The Hall–Kier alpha value is -5.40. The van der Waals surface area contributed by atoms with E-state index in [1.165, 1.54) is 54.4 Å². The molecule has 0 amide bonds. The molecule has 0 radical (unpaired) electrons. The van der Waals surface area contributed by atoms with E-state index in [2.05, 4.69) is 146 Å². The second-order valence-corrected chi connectivity index (χ2v) is 10.8. The van der Waals surface area contributed by atoms with E-state index in [-0.39, 0.29) is 0 Å². The van der Waals surface area contributed by atoms with Crippen molar-refractivity contribution in [2.75, 3.05) is 0 Å². The monoisotopic (exact) mass is 520 g/mol. The Morgan fingerprint density at radius 1 is 0.268 bits per heavy atom. The SMILES string of the molecule is c1ccc2c(-c3c4ccccc4c(-c4cccc5c4oc4c6ccccc6ccc54)c4ccccc34)cccc2c1. The molecule has 8 aromatic carbocycles. The fourth-order valence-corrected chi connectivity index (χ4v) is 6.88. The van der Waals surface area contributed by atoms with Gasteiger partial charge in [-0.05, 0) is 54.9 Å². The number of hydrogen-bond acceptors (Lipinski definition) is 1. The molecule has 0 aliphatic rings. The first kappa shape index (κ1) is 22.4. The van der Waals surface area contributed by atoms with Crippen molar-refractivity contribution in [2.24, 2.45) is 0 Å². The van der Waals surface area contributed by atoms with Crippen molar-refractivity contribution in [3.05, 3.63) is 146 Å². The first-order valence-corrected chi connectivity index (χ1v) is 14.1. The smallest absolute Gasteiger partial charge is 0.143 e. The van der Waals surface area contributed by atoms with Gasteiger partial charge in [0.05, 0.1) is 0 Å². The fourth-order valence-electron chi connectivity index (χ4n) is 6.88. The lowest BCUT2D eigenvalue weighted by Gasteiger charge is -2.18. The molecule has 41 heavy (non-hydrogen) atoms. The number of furan rings is 1. The molecule has 0 aliphatic heterocycles. The highest BCUT2D eigenvalue weighted by molar-refractivity contribution is 6.26. The summed E-state index contributed by atoms with van der Waals surface area (Å²) in [6.07, 6.45) is 0. The van der Waals surface area contributed by atoms with Gasteiger partial charge in [-0.2, -0.15) is 0 Å². The van der Waals surface area contributed by atoms with Crippen LogP contribution in [0.15, 0.2) is 150 Å². The van der Waals surface area contributed by atoms with Gasteiger partial charge in [0.1, 0.15) is 11.2 Å². The number of benzene rings is 8. The van der Waals surface area contributed by atoms with Crippen LogP contribution in [0.25, 0.3) is 87.3 Å². The average Bonchev–Trinajstić information content (AvgIpc) is 3.43. The summed E-state index contributed by atoms with van der Waals surface area (Å²) in [4.78, 5) is 0. The molecule has 0 atom stereocenters. The summed E-state index contributed by atoms with van der Waals surface area (Å²) in [5, 5.41) is 12.1. The Kier molecular flexibility index (Phi) is 4.67. The van der Waals surface area contributed by atoms with Gasteiger partial charge >= 0.3 is 0 Å². The zero-order chi connectivity index (χ0) is 26.9. The van der Waals surface area contributed by atoms with Gasteiger partial charge in [0.15, 0.2) is 0 Å². The minimum atomic E-state index is 0.937. The molecule has 0 fully saturated rings. The van der Waals surface area contributed by atoms with Crippen molar-refractivity contribution < 1.29 is 4.42 Å². The van der Waals surface area contributed by atoms with Gasteiger partial charge < -0.3 is 4.42 Å². The van der Waals surface area contributed by atoms with Crippen LogP contribution in [-0.2, 0) is 0 Å². The molecule has 1 heterocycles. The topological polar surface area (TPSA) is 13.1 Å². The summed E-state index contributed by atoms with van der Waals surface area (Å²) in [6.45, 7) is 0. The van der Waals surface area contributed by atoms with Crippen LogP contribution in [0.1, 0.15) is 0 Å². The Labute approximate surface area is 236 Å². The van der Waals surface area contributed by atoms with E-state index >= 15 is 0 Å². The van der Waals surface area contributed by atoms with E-state index in [0.29, 0.717) is 0 Å². The van der Waals surface area contributed by atoms with Gasteiger partial charge in [0, 0.05) is 27.3 Å². The van der Waals surface area contributed by atoms with Gasteiger partial charge in [0.2, 0.25) is 0 Å². The molecular formula is C40H24O. The van der Waals surface area contributed by atoms with Crippen LogP contribution in [0.4, 0.5) is 0 Å². The minimum Gasteiger partial charge on any atom is -0.455 e. The first-order chi connectivity index (χ1) is 20.4. The minimum absolute atomic E-state index is 0.937. The van der Waals surface area contributed by atoms with Crippen LogP contribution in [0.3, 0.4) is 0 Å². The summed E-state index contributed by atoms with van der Waals surface area (Å²) in [7, 11) is 0. The van der Waals surface area contributed by atoms with E-state index in [4.69, 9.17) is 4.42 Å². The van der Waals surface area contributed by atoms with Crippen LogP contribution in [-0.4, -0.2) is 0 Å². The Bertz CT molecular complexity index is 2410. The molecule has 0 N–H and O–H groups in total. The second-order valence-electron chi connectivity index (χ2n) is 10.8. The summed E-state index contributed by atoms with van der Waals surface area (Å²) >= 11 is 0. The van der Waals surface area contributed by atoms with E-state index < -0.39 is 0 Å². The Morgan fingerprint density at radius 2 is 0.707 bits per heavy atom. The molecule has 0 aliphatic carbocycles. The molecule has 0 bridgehead atoms. The molecular weight excluding hydrogens is 496 g/mol. The second kappa shape index (κ2) is 8.55. The van der Waals surface area contributed by atoms with Crippen molar-refractivity contribution in [3.63, 3.8) is 0 Å². The maximum Gasteiger partial charge on any atom is 0.143 e. The van der Waals surface area contributed by atoms with Crippen LogP contribution in [0.5, 0.6) is 0 Å². The third kappa shape index (κ3) is 3.18. The van der Waals surface area contributed by atoms with Crippen molar-refractivity contribution in [1.29, 1.82) is 0 Å². The molecule has 190 valence electrons. The van der Waals surface area contributed by atoms with Crippen LogP contribution < -0.4 is 0 Å². The van der Waals surface area contributed by atoms with Crippen molar-refractivity contribution in [2.45, 2.75) is 0 Å². The zero-order valence-corrected chi connectivity index (χ0v) is 22.3. The normalized spacial score (nSPS) is 11.9. The summed E-state index contributed by atoms with van der Waals surface area (Å²) < 4.78 is 6.82. The lowest BCUT2D eigenvalue weighted by Crippen LogP contribution is -1.91. The van der Waals surface area contributed by atoms with E-state index in [0.717, 1.165) is 32.9 Å². The van der Waals surface area contributed by atoms with Gasteiger partial charge in [-0.25, -0.2) is 0 Å². The largest absolute Gasteiger partial charge is 0.455 e. The van der Waals surface area contributed by atoms with Crippen molar-refractivity contribution in [3.8, 4) is 22.3 Å². The maximum atomic E-state index is 6.82. The highest BCUT2D eigenvalue weighted by Gasteiger charge is 2.21. The molecule has 0 saturated heterocycles. The highest BCUT2D eigenvalue weighted by atomic mass is 16.3. The van der Waals surface area contributed by atoms with E-state index in [1.807, 2.05) is 0 Å². The highest BCUT2D eigenvalue weighted by Crippen LogP contribution is 2.47. The molecule has 1 aromatic heterocycles. The van der Waals surface area contributed by atoms with Gasteiger partial charge in [-0.1, -0.05) is 140 Å². The van der Waals surface area contributed by atoms with Crippen LogP contribution >= 0.6 is 0 Å². The van der Waals surface area contributed by atoms with Crippen LogP contribution in [0, 0.1) is 0 Å². The van der Waals surface area contributed by atoms with Crippen LogP contribution in [0.2, 0.25) is 0 Å². The summed E-state index contributed by atoms with van der Waals surface area (Å²) in [5.41, 5.74) is 6.77. The molecule has 1 nitrogen and oxygen atoms in total. The molecule has 1 heteroatoms. The predicted octanol–water partition coefficient (Wildman–Crippen LogP) is 11.5. The fraction of sp³-hybridized carbons (Fsp3) is 0. The third-order valence-electron chi connectivity index (χ3n) is 8.65. The van der Waals surface area contributed by atoms with E-state index in [9.17, 15) is 0 Å². The summed E-state index contributed by atoms with van der Waals surface area (Å²) in [6, 6.07) is 52.5. The van der Waals surface area contributed by atoms with Crippen molar-refractivity contribution >= 4 is 65.0 Å². The molecule has 9 aromatic rings. The Morgan fingerprint density at radius 3 is 1.39 bits per heavy atom. The quantitative estimate of drug-likeness (QED) is 0.207. The zero-order valence-electron chi connectivity index (χ0n) is 22.3. The van der Waals surface area contributed by atoms with Gasteiger partial charge in [-0.3, -0.25) is 0 Å². The lowest BCUT2D eigenvalue weighted by molar-refractivity contribution is 0.674.